The Labute approximate surface area is 149 Å². The van der Waals surface area contributed by atoms with Crippen LogP contribution in [0, 0.1) is 0 Å². The highest BCUT2D eigenvalue weighted by Gasteiger charge is 2.21. The fraction of sp³-hybridized carbons (Fsp3) is 0.294. The van der Waals surface area contributed by atoms with Crippen LogP contribution in [0.15, 0.2) is 48.7 Å². The number of hydrogen-bond donors (Lipinski definition) is 3. The molecule has 23 heavy (non-hydrogen) atoms. The fourth-order valence-corrected chi connectivity index (χ4v) is 3.12. The molecule has 2 unspecified atom stereocenters. The zero-order valence-electron chi connectivity index (χ0n) is 12.8. The monoisotopic (exact) mass is 425 g/mol. The summed E-state index contributed by atoms with van der Waals surface area (Å²) in [4.78, 5) is 16.4. The van der Waals surface area contributed by atoms with Crippen LogP contribution in [0.3, 0.4) is 0 Å². The summed E-state index contributed by atoms with van der Waals surface area (Å²) >= 11 is 1.98. The highest BCUT2D eigenvalue weighted by molar-refractivity contribution is 14.1. The van der Waals surface area contributed by atoms with E-state index in [1.165, 1.54) is 0 Å². The number of hydrogen-bond acceptors (Lipinski definition) is 4. The van der Waals surface area contributed by atoms with Gasteiger partial charge < -0.3 is 16.2 Å². The van der Waals surface area contributed by atoms with Crippen LogP contribution in [0.2, 0.25) is 0 Å². The molecule has 1 aromatic carbocycles. The van der Waals surface area contributed by atoms with Crippen molar-refractivity contribution in [3.05, 3.63) is 54.2 Å². The Morgan fingerprint density at radius 2 is 2.13 bits per heavy atom. The van der Waals surface area contributed by atoms with E-state index in [0.29, 0.717) is 0 Å². The zero-order chi connectivity index (χ0) is 16.8. The van der Waals surface area contributed by atoms with E-state index in [1.54, 1.807) is 13.1 Å². The number of aliphatic hydroxyl groups is 1. The van der Waals surface area contributed by atoms with E-state index in [1.807, 2.05) is 65.1 Å². The predicted molar refractivity (Wildman–Crippen MR) is 99.0 cm³/mol. The normalized spacial score (nSPS) is 14.8. The summed E-state index contributed by atoms with van der Waals surface area (Å²) in [5.74, 6) is -0.151. The van der Waals surface area contributed by atoms with Crippen molar-refractivity contribution in [2.45, 2.75) is 29.5 Å². The van der Waals surface area contributed by atoms with E-state index in [0.717, 1.165) is 16.8 Å². The largest absolute Gasteiger partial charge is 0.389 e. The first-order chi connectivity index (χ1) is 11.0. The van der Waals surface area contributed by atoms with Crippen LogP contribution in [-0.4, -0.2) is 32.2 Å². The lowest BCUT2D eigenvalue weighted by Gasteiger charge is -2.21. The SMILES string of the molecule is C[C@H](N)C(O)C(I)NC(=O)Cc1cccc(-c2ccccn2)c1. The van der Waals surface area contributed by atoms with E-state index < -0.39 is 16.2 Å². The Bertz CT molecular complexity index is 649. The molecule has 0 aliphatic heterocycles. The molecule has 0 aliphatic carbocycles. The lowest BCUT2D eigenvalue weighted by molar-refractivity contribution is -0.121. The summed E-state index contributed by atoms with van der Waals surface area (Å²) in [6.07, 6.45) is 1.20. The van der Waals surface area contributed by atoms with E-state index in [9.17, 15) is 9.90 Å². The number of carbonyl (C=O) groups is 1. The summed E-state index contributed by atoms with van der Waals surface area (Å²) < 4.78 is -0.418. The Morgan fingerprint density at radius 3 is 2.78 bits per heavy atom. The van der Waals surface area contributed by atoms with Crippen LogP contribution in [0.5, 0.6) is 0 Å². The molecule has 0 aliphatic rings. The number of aromatic nitrogens is 1. The first-order valence-corrected chi connectivity index (χ1v) is 8.59. The second kappa shape index (κ2) is 8.37. The van der Waals surface area contributed by atoms with Gasteiger partial charge in [-0.05, 0) is 30.7 Å². The molecule has 0 saturated heterocycles. The topological polar surface area (TPSA) is 88.2 Å². The molecule has 0 saturated carbocycles. The molecule has 5 nitrogen and oxygen atoms in total. The number of benzene rings is 1. The van der Waals surface area contributed by atoms with Gasteiger partial charge in [0.25, 0.3) is 0 Å². The number of nitrogens with two attached hydrogens (primary N) is 1. The maximum Gasteiger partial charge on any atom is 0.225 e. The maximum absolute atomic E-state index is 12.1. The Balaban J connectivity index is 2.02. The van der Waals surface area contributed by atoms with Gasteiger partial charge in [0.15, 0.2) is 0 Å². The molecule has 0 radical (unpaired) electrons. The number of halogens is 1. The second-order valence-corrected chi connectivity index (χ2v) is 6.75. The summed E-state index contributed by atoms with van der Waals surface area (Å²) in [6.45, 7) is 1.71. The molecule has 0 bridgehead atoms. The van der Waals surface area contributed by atoms with E-state index in [4.69, 9.17) is 5.73 Å². The molecular formula is C17H20IN3O2. The second-order valence-electron chi connectivity index (χ2n) is 5.41. The molecule has 0 spiro atoms. The van der Waals surface area contributed by atoms with Gasteiger partial charge in [0, 0.05) is 17.8 Å². The number of amides is 1. The summed E-state index contributed by atoms with van der Waals surface area (Å²) in [6, 6.07) is 13.0. The average Bonchev–Trinajstić information content (AvgIpc) is 2.54. The fourth-order valence-electron chi connectivity index (χ4n) is 2.12. The quantitative estimate of drug-likeness (QED) is 0.375. The van der Waals surface area contributed by atoms with Crippen LogP contribution < -0.4 is 11.1 Å². The van der Waals surface area contributed by atoms with Crippen molar-refractivity contribution in [2.24, 2.45) is 5.73 Å². The van der Waals surface area contributed by atoms with Crippen molar-refractivity contribution in [3.8, 4) is 11.3 Å². The van der Waals surface area contributed by atoms with Gasteiger partial charge in [0.05, 0.1) is 18.2 Å². The van der Waals surface area contributed by atoms with Gasteiger partial charge in [-0.2, -0.15) is 0 Å². The number of alkyl halides is 1. The molecular weight excluding hydrogens is 405 g/mol. The lowest BCUT2D eigenvalue weighted by atomic mass is 10.1. The van der Waals surface area contributed by atoms with Gasteiger partial charge in [0.2, 0.25) is 5.91 Å². The van der Waals surface area contributed by atoms with Crippen LogP contribution >= 0.6 is 22.6 Å². The zero-order valence-corrected chi connectivity index (χ0v) is 15.0. The van der Waals surface area contributed by atoms with Crippen molar-refractivity contribution in [1.82, 2.24) is 10.3 Å². The third-order valence-corrected chi connectivity index (χ3v) is 4.44. The predicted octanol–water partition coefficient (Wildman–Crippen LogP) is 1.88. The van der Waals surface area contributed by atoms with Crippen molar-refractivity contribution >= 4 is 28.5 Å². The molecule has 1 heterocycles. The molecule has 1 amide bonds. The van der Waals surface area contributed by atoms with E-state index in [-0.39, 0.29) is 12.3 Å². The molecule has 2 rings (SSSR count). The molecule has 4 N–H and O–H groups in total. The third-order valence-electron chi connectivity index (χ3n) is 3.39. The van der Waals surface area contributed by atoms with Crippen LogP contribution in [0.25, 0.3) is 11.3 Å². The number of rotatable bonds is 6. The highest BCUT2D eigenvalue weighted by Crippen LogP contribution is 2.18. The van der Waals surface area contributed by atoms with E-state index >= 15 is 0 Å². The smallest absolute Gasteiger partial charge is 0.225 e. The van der Waals surface area contributed by atoms with E-state index in [2.05, 4.69) is 10.3 Å². The lowest BCUT2D eigenvalue weighted by Crippen LogP contribution is -2.47. The van der Waals surface area contributed by atoms with Gasteiger partial charge in [-0.25, -0.2) is 0 Å². The minimum absolute atomic E-state index is 0.151. The van der Waals surface area contributed by atoms with Gasteiger partial charge >= 0.3 is 0 Å². The molecule has 122 valence electrons. The van der Waals surface area contributed by atoms with Crippen LogP contribution in [0.1, 0.15) is 12.5 Å². The van der Waals surface area contributed by atoms with Gasteiger partial charge in [-0.1, -0.05) is 46.9 Å². The number of pyridine rings is 1. The summed E-state index contributed by atoms with van der Waals surface area (Å²) in [5.41, 5.74) is 8.37. The third kappa shape index (κ3) is 5.26. The summed E-state index contributed by atoms with van der Waals surface area (Å²) in [5, 5.41) is 12.6. The first kappa shape index (κ1) is 17.8. The first-order valence-electron chi connectivity index (χ1n) is 7.35. The molecule has 3 atom stereocenters. The Morgan fingerprint density at radius 1 is 1.35 bits per heavy atom. The van der Waals surface area contributed by atoms with Gasteiger partial charge in [0.1, 0.15) is 4.05 Å². The minimum atomic E-state index is -0.778. The highest BCUT2D eigenvalue weighted by atomic mass is 127. The standard InChI is InChI=1S/C17H20IN3O2/c1-11(19)16(23)17(18)21-15(22)10-12-5-4-6-13(9-12)14-7-2-3-8-20-14/h2-9,11,16-17,23H,10,19H2,1H3,(H,21,22)/t11-,16?,17?/m0/s1. The number of nitrogens with zero attached hydrogens (tertiary/aromatic N) is 1. The van der Waals surface area contributed by atoms with Gasteiger partial charge in [-0.15, -0.1) is 0 Å². The van der Waals surface area contributed by atoms with Crippen molar-refractivity contribution in [1.29, 1.82) is 0 Å². The Kier molecular flexibility index (Phi) is 6.49. The average molecular weight is 425 g/mol. The summed E-state index contributed by atoms with van der Waals surface area (Å²) in [7, 11) is 0. The van der Waals surface area contributed by atoms with Crippen LogP contribution in [-0.2, 0) is 11.2 Å². The number of nitrogens with one attached hydrogen (secondary N) is 1. The van der Waals surface area contributed by atoms with Gasteiger partial charge in [-0.3, -0.25) is 9.78 Å². The molecule has 2 aromatic rings. The maximum atomic E-state index is 12.1. The Hall–Kier alpha value is -1.51. The van der Waals surface area contributed by atoms with Crippen molar-refractivity contribution in [2.75, 3.05) is 0 Å². The number of carbonyl (C=O) groups excluding carboxylic acids is 1. The minimum Gasteiger partial charge on any atom is -0.389 e. The van der Waals surface area contributed by atoms with Crippen molar-refractivity contribution < 1.29 is 9.90 Å². The molecule has 0 fully saturated rings. The molecule has 6 heteroatoms. The van der Waals surface area contributed by atoms with Crippen LogP contribution in [0.4, 0.5) is 0 Å². The molecule has 1 aromatic heterocycles. The van der Waals surface area contributed by atoms with Crippen molar-refractivity contribution in [3.63, 3.8) is 0 Å². The number of aliphatic hydroxyl groups excluding tert-OH is 1.